The van der Waals surface area contributed by atoms with Crippen molar-refractivity contribution in [1.82, 2.24) is 0 Å². The second-order valence-corrected chi connectivity index (χ2v) is 6.40. The average Bonchev–Trinajstić information content (AvgIpc) is 3.01. The van der Waals surface area contributed by atoms with Gasteiger partial charge in [-0.1, -0.05) is 24.3 Å². The molecule has 0 spiro atoms. The van der Waals surface area contributed by atoms with Crippen molar-refractivity contribution >= 4 is 29.1 Å². The standard InChI is InChI=1S/C22H21N3O2/c1-4-24-19-13-11-18(27-3)14-16(19)10-12-20(24)21-15(2)23-25(22(21)26)17-8-6-5-7-9-17/h5-14H,4H2,1-3H3. The first kappa shape index (κ1) is 17.1. The highest BCUT2D eigenvalue weighted by molar-refractivity contribution is 6.30. The molecule has 2 aromatic carbocycles. The van der Waals surface area contributed by atoms with Crippen LogP contribution in [0.15, 0.2) is 71.0 Å². The fraction of sp³-hybridized carbons (Fsp3) is 0.182. The number of allylic oxidation sites excluding steroid dienone is 1. The number of anilines is 2. The Morgan fingerprint density at radius 2 is 1.85 bits per heavy atom. The van der Waals surface area contributed by atoms with E-state index in [1.165, 1.54) is 5.01 Å². The minimum atomic E-state index is -0.103. The van der Waals surface area contributed by atoms with Gasteiger partial charge in [0.2, 0.25) is 0 Å². The van der Waals surface area contributed by atoms with Crippen LogP contribution in [0.1, 0.15) is 19.4 Å². The van der Waals surface area contributed by atoms with Crippen molar-refractivity contribution in [3.05, 3.63) is 71.4 Å². The first-order valence-corrected chi connectivity index (χ1v) is 8.97. The second kappa shape index (κ2) is 6.76. The molecule has 0 N–H and O–H groups in total. The molecule has 5 nitrogen and oxygen atoms in total. The maximum atomic E-state index is 13.2. The number of carbonyl (C=O) groups excluding carboxylic acids is 1. The summed E-state index contributed by atoms with van der Waals surface area (Å²) in [5.41, 5.74) is 5.13. The Balaban J connectivity index is 1.79. The van der Waals surface area contributed by atoms with Gasteiger partial charge in [-0.15, -0.1) is 0 Å². The smallest absolute Gasteiger partial charge is 0.282 e. The number of ether oxygens (including phenoxy) is 1. The van der Waals surface area contributed by atoms with Crippen LogP contribution in [-0.2, 0) is 4.79 Å². The number of carbonyl (C=O) groups is 1. The van der Waals surface area contributed by atoms with E-state index in [4.69, 9.17) is 4.74 Å². The molecule has 0 aromatic heterocycles. The Kier molecular flexibility index (Phi) is 4.28. The molecule has 1 amide bonds. The zero-order chi connectivity index (χ0) is 19.0. The van der Waals surface area contributed by atoms with Crippen LogP contribution >= 0.6 is 0 Å². The Bertz CT molecular complexity index is 990. The zero-order valence-electron chi connectivity index (χ0n) is 15.6. The van der Waals surface area contributed by atoms with E-state index in [9.17, 15) is 4.79 Å². The van der Waals surface area contributed by atoms with Crippen LogP contribution in [-0.4, -0.2) is 25.3 Å². The molecule has 2 aromatic rings. The maximum Gasteiger partial charge on any atom is 0.282 e. The molecule has 0 saturated heterocycles. The van der Waals surface area contributed by atoms with Crippen LogP contribution in [0.2, 0.25) is 0 Å². The highest BCUT2D eigenvalue weighted by atomic mass is 16.5. The Labute approximate surface area is 158 Å². The summed E-state index contributed by atoms with van der Waals surface area (Å²) in [5, 5.41) is 5.99. The molecular weight excluding hydrogens is 338 g/mol. The lowest BCUT2D eigenvalue weighted by Crippen LogP contribution is -2.29. The fourth-order valence-corrected chi connectivity index (χ4v) is 3.53. The first-order valence-electron chi connectivity index (χ1n) is 8.97. The summed E-state index contributed by atoms with van der Waals surface area (Å²) < 4.78 is 5.33. The molecule has 0 radical (unpaired) electrons. The summed E-state index contributed by atoms with van der Waals surface area (Å²) in [6.45, 7) is 4.71. The molecule has 0 saturated carbocycles. The van der Waals surface area contributed by atoms with Crippen molar-refractivity contribution in [2.24, 2.45) is 5.10 Å². The van der Waals surface area contributed by atoms with Crippen molar-refractivity contribution in [3.63, 3.8) is 0 Å². The van der Waals surface area contributed by atoms with Gasteiger partial charge in [0.25, 0.3) is 5.91 Å². The summed E-state index contributed by atoms with van der Waals surface area (Å²) in [6, 6.07) is 15.5. The van der Waals surface area contributed by atoms with Gasteiger partial charge in [0.05, 0.1) is 29.8 Å². The molecule has 0 aliphatic carbocycles. The number of rotatable bonds is 3. The molecule has 2 heterocycles. The molecule has 4 rings (SSSR count). The predicted molar refractivity (Wildman–Crippen MR) is 109 cm³/mol. The SMILES string of the molecule is CCN1C(=C2C(=O)N(c3ccccc3)N=C2C)C=Cc2cc(OC)ccc21. The number of hydrogen-bond acceptors (Lipinski definition) is 4. The fourth-order valence-electron chi connectivity index (χ4n) is 3.53. The van der Waals surface area contributed by atoms with Gasteiger partial charge in [0.1, 0.15) is 5.75 Å². The summed E-state index contributed by atoms with van der Waals surface area (Å²) in [7, 11) is 1.66. The van der Waals surface area contributed by atoms with Gasteiger partial charge in [-0.05, 0) is 50.3 Å². The minimum Gasteiger partial charge on any atom is -0.497 e. The third-order valence-corrected chi connectivity index (χ3v) is 4.83. The Morgan fingerprint density at radius 1 is 1.07 bits per heavy atom. The average molecular weight is 359 g/mol. The van der Waals surface area contributed by atoms with Gasteiger partial charge >= 0.3 is 0 Å². The lowest BCUT2D eigenvalue weighted by molar-refractivity contribution is -0.114. The summed E-state index contributed by atoms with van der Waals surface area (Å²) >= 11 is 0. The van der Waals surface area contributed by atoms with Crippen molar-refractivity contribution < 1.29 is 9.53 Å². The van der Waals surface area contributed by atoms with E-state index in [2.05, 4.69) is 16.9 Å². The molecule has 5 heteroatoms. The van der Waals surface area contributed by atoms with E-state index in [1.54, 1.807) is 7.11 Å². The molecular formula is C22H21N3O2. The van der Waals surface area contributed by atoms with Crippen LogP contribution in [0, 0.1) is 0 Å². The van der Waals surface area contributed by atoms with E-state index in [1.807, 2.05) is 67.6 Å². The normalized spacial score (nSPS) is 18.6. The highest BCUT2D eigenvalue weighted by Crippen LogP contribution is 2.36. The van der Waals surface area contributed by atoms with Gasteiger partial charge in [0, 0.05) is 17.8 Å². The molecule has 0 unspecified atom stereocenters. The van der Waals surface area contributed by atoms with Crippen molar-refractivity contribution in [2.45, 2.75) is 13.8 Å². The highest BCUT2D eigenvalue weighted by Gasteiger charge is 2.33. The first-order chi connectivity index (χ1) is 13.1. The zero-order valence-corrected chi connectivity index (χ0v) is 15.6. The largest absolute Gasteiger partial charge is 0.497 e. The van der Waals surface area contributed by atoms with E-state index in [0.717, 1.165) is 40.6 Å². The van der Waals surface area contributed by atoms with Crippen LogP contribution in [0.3, 0.4) is 0 Å². The van der Waals surface area contributed by atoms with E-state index >= 15 is 0 Å². The van der Waals surface area contributed by atoms with Gasteiger partial charge in [-0.2, -0.15) is 10.1 Å². The molecule has 2 aliphatic rings. The molecule has 0 atom stereocenters. The van der Waals surface area contributed by atoms with Crippen molar-refractivity contribution in [3.8, 4) is 5.75 Å². The van der Waals surface area contributed by atoms with Crippen LogP contribution in [0.25, 0.3) is 6.08 Å². The number of nitrogens with zero attached hydrogens (tertiary/aromatic N) is 3. The number of fused-ring (bicyclic) bond motifs is 1. The third kappa shape index (κ3) is 2.81. The number of hydrazone groups is 1. The summed E-state index contributed by atoms with van der Waals surface area (Å²) in [6.07, 6.45) is 4.02. The maximum absolute atomic E-state index is 13.2. The number of para-hydroxylation sites is 1. The summed E-state index contributed by atoms with van der Waals surface area (Å²) in [4.78, 5) is 15.3. The molecule has 2 aliphatic heterocycles. The van der Waals surface area contributed by atoms with Crippen LogP contribution in [0.4, 0.5) is 11.4 Å². The monoisotopic (exact) mass is 359 g/mol. The number of methoxy groups -OCH3 is 1. The number of benzene rings is 2. The quantitative estimate of drug-likeness (QED) is 0.771. The summed E-state index contributed by atoms with van der Waals surface area (Å²) in [5.74, 6) is 0.712. The second-order valence-electron chi connectivity index (χ2n) is 6.40. The number of likely N-dealkylation sites (N-methyl/N-ethyl adjacent to an activating group) is 1. The predicted octanol–water partition coefficient (Wildman–Crippen LogP) is 4.23. The molecule has 0 fully saturated rings. The van der Waals surface area contributed by atoms with Gasteiger partial charge in [-0.3, -0.25) is 4.79 Å². The number of amides is 1. The molecule has 0 bridgehead atoms. The van der Waals surface area contributed by atoms with Crippen LogP contribution < -0.4 is 14.6 Å². The topological polar surface area (TPSA) is 45.1 Å². The van der Waals surface area contributed by atoms with E-state index in [0.29, 0.717) is 5.57 Å². The lowest BCUT2D eigenvalue weighted by Gasteiger charge is -2.30. The van der Waals surface area contributed by atoms with Crippen molar-refractivity contribution in [2.75, 3.05) is 23.6 Å². The Morgan fingerprint density at radius 3 is 2.56 bits per heavy atom. The lowest BCUT2D eigenvalue weighted by atomic mass is 10.0. The van der Waals surface area contributed by atoms with Crippen LogP contribution in [0.5, 0.6) is 5.75 Å². The van der Waals surface area contributed by atoms with Crippen molar-refractivity contribution in [1.29, 1.82) is 0 Å². The molecule has 136 valence electrons. The van der Waals surface area contributed by atoms with E-state index < -0.39 is 0 Å². The number of hydrogen-bond donors (Lipinski definition) is 0. The molecule has 27 heavy (non-hydrogen) atoms. The minimum absolute atomic E-state index is 0.103. The van der Waals surface area contributed by atoms with E-state index in [-0.39, 0.29) is 5.91 Å². The third-order valence-electron chi connectivity index (χ3n) is 4.83. The van der Waals surface area contributed by atoms with Gasteiger partial charge in [0.15, 0.2) is 0 Å². The van der Waals surface area contributed by atoms with Gasteiger partial charge < -0.3 is 9.64 Å². The Hall–Kier alpha value is -3.34. The van der Waals surface area contributed by atoms with Gasteiger partial charge in [-0.25, -0.2) is 0 Å².